The van der Waals surface area contributed by atoms with Crippen LogP contribution in [0.4, 0.5) is 5.13 Å². The molecule has 0 spiro atoms. The lowest BCUT2D eigenvalue weighted by molar-refractivity contribution is -0.115. The molecule has 0 unspecified atom stereocenters. The number of rotatable bonds is 3. The van der Waals surface area contributed by atoms with Crippen molar-refractivity contribution in [3.8, 4) is 10.6 Å². The van der Waals surface area contributed by atoms with Crippen molar-refractivity contribution in [2.75, 3.05) is 5.32 Å². The summed E-state index contributed by atoms with van der Waals surface area (Å²) in [6, 6.07) is 4.13. The van der Waals surface area contributed by atoms with Crippen LogP contribution in [0.25, 0.3) is 10.6 Å². The zero-order valence-corrected chi connectivity index (χ0v) is 10.7. The Labute approximate surface area is 102 Å². The molecular formula is C11H12N2OS2. The summed E-state index contributed by atoms with van der Waals surface area (Å²) < 4.78 is 0. The summed E-state index contributed by atoms with van der Waals surface area (Å²) in [6.07, 6.45) is 0.479. The van der Waals surface area contributed by atoms with Crippen molar-refractivity contribution in [2.45, 2.75) is 20.3 Å². The van der Waals surface area contributed by atoms with Crippen molar-refractivity contribution in [2.24, 2.45) is 0 Å². The van der Waals surface area contributed by atoms with Crippen LogP contribution in [-0.4, -0.2) is 10.9 Å². The third-order valence-corrected chi connectivity index (χ3v) is 3.85. The third kappa shape index (κ3) is 2.48. The van der Waals surface area contributed by atoms with E-state index in [4.69, 9.17) is 0 Å². The first-order valence-electron chi connectivity index (χ1n) is 5.01. The maximum atomic E-state index is 11.2. The average molecular weight is 252 g/mol. The number of thiazole rings is 1. The Morgan fingerprint density at radius 2 is 2.31 bits per heavy atom. The van der Waals surface area contributed by atoms with E-state index in [0.717, 1.165) is 10.6 Å². The minimum Gasteiger partial charge on any atom is -0.302 e. The molecule has 0 aromatic carbocycles. The number of amides is 1. The molecule has 0 radical (unpaired) electrons. The zero-order chi connectivity index (χ0) is 11.5. The molecule has 1 amide bonds. The van der Waals surface area contributed by atoms with E-state index in [1.165, 1.54) is 16.2 Å². The molecule has 0 fully saturated rings. The number of hydrogen-bond donors (Lipinski definition) is 1. The van der Waals surface area contributed by atoms with Gasteiger partial charge in [0.2, 0.25) is 5.91 Å². The van der Waals surface area contributed by atoms with Crippen molar-refractivity contribution in [1.82, 2.24) is 4.98 Å². The summed E-state index contributed by atoms with van der Waals surface area (Å²) in [4.78, 5) is 18.0. The monoisotopic (exact) mass is 252 g/mol. The highest BCUT2D eigenvalue weighted by Gasteiger charge is 2.07. The lowest BCUT2D eigenvalue weighted by atomic mass is 10.4. The van der Waals surface area contributed by atoms with Gasteiger partial charge in [-0.25, -0.2) is 4.98 Å². The summed E-state index contributed by atoms with van der Waals surface area (Å²) in [7, 11) is 0. The molecule has 0 saturated heterocycles. The summed E-state index contributed by atoms with van der Waals surface area (Å²) in [5.74, 6) is 0.00302. The largest absolute Gasteiger partial charge is 0.302 e. The van der Waals surface area contributed by atoms with E-state index in [1.807, 2.05) is 12.3 Å². The van der Waals surface area contributed by atoms with Gasteiger partial charge in [0.25, 0.3) is 0 Å². The molecular weight excluding hydrogens is 240 g/mol. The molecule has 1 N–H and O–H groups in total. The number of aromatic nitrogens is 1. The number of nitrogens with zero attached hydrogens (tertiary/aromatic N) is 1. The van der Waals surface area contributed by atoms with Gasteiger partial charge in [-0.05, 0) is 19.1 Å². The molecule has 2 aromatic rings. The van der Waals surface area contributed by atoms with Crippen LogP contribution in [0.15, 0.2) is 17.5 Å². The van der Waals surface area contributed by atoms with Crippen LogP contribution in [0.2, 0.25) is 0 Å². The highest BCUT2D eigenvalue weighted by atomic mass is 32.1. The van der Waals surface area contributed by atoms with Crippen LogP contribution >= 0.6 is 22.7 Å². The Morgan fingerprint density at radius 3 is 2.94 bits per heavy atom. The van der Waals surface area contributed by atoms with Gasteiger partial charge in [-0.3, -0.25) is 4.79 Å². The fourth-order valence-corrected chi connectivity index (χ4v) is 2.85. The molecule has 0 atom stereocenters. The number of anilines is 1. The molecule has 3 nitrogen and oxygen atoms in total. The molecule has 5 heteroatoms. The molecule has 0 aliphatic heterocycles. The number of thiophene rings is 1. The second-order valence-corrected chi connectivity index (χ2v) is 5.50. The molecule has 0 aliphatic carbocycles. The van der Waals surface area contributed by atoms with E-state index in [2.05, 4.69) is 29.4 Å². The smallest absolute Gasteiger partial charge is 0.225 e. The lowest BCUT2D eigenvalue weighted by Gasteiger charge is -1.96. The standard InChI is InChI=1S/C11H12N2OS2/c1-3-10(14)13-11-12-8(6-15-11)9-5-4-7(2)16-9/h4-6H,3H2,1-2H3,(H,12,13,14). The topological polar surface area (TPSA) is 42.0 Å². The molecule has 0 bridgehead atoms. The van der Waals surface area contributed by atoms with Crippen LogP contribution in [0.3, 0.4) is 0 Å². The van der Waals surface area contributed by atoms with Crippen molar-refractivity contribution in [3.63, 3.8) is 0 Å². The summed E-state index contributed by atoms with van der Waals surface area (Å²) in [6.45, 7) is 3.90. The van der Waals surface area contributed by atoms with Gasteiger partial charge >= 0.3 is 0 Å². The van der Waals surface area contributed by atoms with Gasteiger partial charge in [0, 0.05) is 16.7 Å². The molecule has 2 rings (SSSR count). The second-order valence-electron chi connectivity index (χ2n) is 3.35. The maximum absolute atomic E-state index is 11.2. The van der Waals surface area contributed by atoms with Gasteiger partial charge in [-0.1, -0.05) is 6.92 Å². The number of carbonyl (C=O) groups is 1. The Kier molecular flexibility index (Phi) is 3.36. The molecule has 0 aliphatic rings. The second kappa shape index (κ2) is 4.76. The van der Waals surface area contributed by atoms with Gasteiger partial charge in [-0.15, -0.1) is 22.7 Å². The van der Waals surface area contributed by atoms with E-state index >= 15 is 0 Å². The van der Waals surface area contributed by atoms with Crippen molar-refractivity contribution >= 4 is 33.7 Å². The van der Waals surface area contributed by atoms with E-state index in [0.29, 0.717) is 11.6 Å². The van der Waals surface area contributed by atoms with Gasteiger partial charge in [-0.2, -0.15) is 0 Å². The summed E-state index contributed by atoms with van der Waals surface area (Å²) in [5, 5.41) is 5.40. The summed E-state index contributed by atoms with van der Waals surface area (Å²) >= 11 is 3.17. The third-order valence-electron chi connectivity index (χ3n) is 2.06. The maximum Gasteiger partial charge on any atom is 0.225 e. The number of aryl methyl sites for hydroxylation is 1. The van der Waals surface area contributed by atoms with E-state index in [-0.39, 0.29) is 5.91 Å². The highest BCUT2D eigenvalue weighted by molar-refractivity contribution is 7.17. The predicted molar refractivity (Wildman–Crippen MR) is 69.1 cm³/mol. The van der Waals surface area contributed by atoms with E-state index in [9.17, 15) is 4.79 Å². The SMILES string of the molecule is CCC(=O)Nc1nc(-c2ccc(C)s2)cs1. The fourth-order valence-electron chi connectivity index (χ4n) is 1.22. The predicted octanol–water partition coefficient (Wildman–Crippen LogP) is 3.53. The van der Waals surface area contributed by atoms with Crippen molar-refractivity contribution in [1.29, 1.82) is 0 Å². The minimum atomic E-state index is 0.00302. The van der Waals surface area contributed by atoms with Crippen LogP contribution in [0, 0.1) is 6.92 Å². The number of hydrogen-bond acceptors (Lipinski definition) is 4. The number of carbonyl (C=O) groups excluding carboxylic acids is 1. The molecule has 2 heterocycles. The van der Waals surface area contributed by atoms with Crippen LogP contribution in [0.1, 0.15) is 18.2 Å². The highest BCUT2D eigenvalue weighted by Crippen LogP contribution is 2.30. The van der Waals surface area contributed by atoms with Crippen LogP contribution in [-0.2, 0) is 4.79 Å². The Hall–Kier alpha value is -1.20. The molecule has 2 aromatic heterocycles. The van der Waals surface area contributed by atoms with Crippen molar-refractivity contribution in [3.05, 3.63) is 22.4 Å². The summed E-state index contributed by atoms with van der Waals surface area (Å²) in [5.41, 5.74) is 0.939. The van der Waals surface area contributed by atoms with Crippen LogP contribution in [0.5, 0.6) is 0 Å². The molecule has 84 valence electrons. The Balaban J connectivity index is 2.16. The van der Waals surface area contributed by atoms with Crippen molar-refractivity contribution < 1.29 is 4.79 Å². The van der Waals surface area contributed by atoms with E-state index in [1.54, 1.807) is 11.3 Å². The zero-order valence-electron chi connectivity index (χ0n) is 9.11. The normalized spacial score (nSPS) is 10.4. The lowest BCUT2D eigenvalue weighted by Crippen LogP contribution is -2.08. The van der Waals surface area contributed by atoms with Gasteiger partial charge in [0.05, 0.1) is 10.6 Å². The van der Waals surface area contributed by atoms with Crippen LogP contribution < -0.4 is 5.32 Å². The van der Waals surface area contributed by atoms with Gasteiger partial charge < -0.3 is 5.32 Å². The molecule has 16 heavy (non-hydrogen) atoms. The first-order valence-corrected chi connectivity index (χ1v) is 6.71. The fraction of sp³-hybridized carbons (Fsp3) is 0.273. The van der Waals surface area contributed by atoms with Gasteiger partial charge in [0.1, 0.15) is 0 Å². The molecule has 0 saturated carbocycles. The first-order chi connectivity index (χ1) is 7.69. The quantitative estimate of drug-likeness (QED) is 0.908. The minimum absolute atomic E-state index is 0.00302. The Bertz CT molecular complexity index is 502. The first kappa shape index (κ1) is 11.3. The average Bonchev–Trinajstić information content (AvgIpc) is 2.87. The number of nitrogens with one attached hydrogen (secondary N) is 1. The Morgan fingerprint density at radius 1 is 1.50 bits per heavy atom. The van der Waals surface area contributed by atoms with Gasteiger partial charge in [0.15, 0.2) is 5.13 Å². The van der Waals surface area contributed by atoms with E-state index < -0.39 is 0 Å².